The highest BCUT2D eigenvalue weighted by molar-refractivity contribution is 5.82. The summed E-state index contributed by atoms with van der Waals surface area (Å²) < 4.78 is 5.39. The number of nitrogens with one attached hydrogen (secondary N) is 1. The van der Waals surface area contributed by atoms with Crippen molar-refractivity contribution in [2.45, 2.75) is 51.2 Å². The molecule has 19 heavy (non-hydrogen) atoms. The second-order valence-corrected chi connectivity index (χ2v) is 5.91. The van der Waals surface area contributed by atoms with Gasteiger partial charge in [0.1, 0.15) is 5.76 Å². The number of hydrogen-bond donors (Lipinski definition) is 1. The van der Waals surface area contributed by atoms with E-state index in [1.807, 2.05) is 17.0 Å². The van der Waals surface area contributed by atoms with E-state index in [2.05, 4.69) is 12.2 Å². The number of amides is 1. The molecular weight excluding hydrogens is 240 g/mol. The normalized spacial score (nSPS) is 27.2. The molecule has 1 aliphatic carbocycles. The molecule has 2 heterocycles. The second-order valence-electron chi connectivity index (χ2n) is 5.91. The second kappa shape index (κ2) is 5.37. The Morgan fingerprint density at radius 2 is 2.32 bits per heavy atom. The maximum atomic E-state index is 12.7. The Bertz CT molecular complexity index is 425. The van der Waals surface area contributed by atoms with E-state index in [4.69, 9.17) is 4.42 Å². The topological polar surface area (TPSA) is 45.5 Å². The van der Waals surface area contributed by atoms with Crippen LogP contribution >= 0.6 is 0 Å². The lowest BCUT2D eigenvalue weighted by Gasteiger charge is -2.32. The Morgan fingerprint density at radius 1 is 1.47 bits per heavy atom. The Kier molecular flexibility index (Phi) is 3.60. The van der Waals surface area contributed by atoms with E-state index < -0.39 is 0 Å². The van der Waals surface area contributed by atoms with Crippen molar-refractivity contribution < 1.29 is 9.21 Å². The van der Waals surface area contributed by atoms with E-state index in [-0.39, 0.29) is 11.9 Å². The summed E-state index contributed by atoms with van der Waals surface area (Å²) in [6.45, 7) is 3.80. The molecule has 0 spiro atoms. The third kappa shape index (κ3) is 3.00. The number of hydrogen-bond acceptors (Lipinski definition) is 3. The van der Waals surface area contributed by atoms with E-state index in [1.54, 1.807) is 6.26 Å². The molecule has 3 rings (SSSR count). The van der Waals surface area contributed by atoms with E-state index in [9.17, 15) is 4.79 Å². The van der Waals surface area contributed by atoms with Crippen LogP contribution in [-0.4, -0.2) is 29.4 Å². The molecule has 1 aromatic rings. The molecule has 2 atom stereocenters. The predicted octanol–water partition coefficient (Wildman–Crippen LogP) is 2.16. The average Bonchev–Trinajstić information content (AvgIpc) is 3.12. The molecule has 1 amide bonds. The third-order valence-corrected chi connectivity index (χ3v) is 4.14. The zero-order valence-electron chi connectivity index (χ0n) is 11.5. The number of rotatable bonds is 4. The summed E-state index contributed by atoms with van der Waals surface area (Å²) in [5.41, 5.74) is 0. The van der Waals surface area contributed by atoms with Gasteiger partial charge in [0.15, 0.2) is 0 Å². The van der Waals surface area contributed by atoms with Crippen LogP contribution in [0.1, 0.15) is 38.4 Å². The van der Waals surface area contributed by atoms with Gasteiger partial charge in [-0.25, -0.2) is 0 Å². The van der Waals surface area contributed by atoms with Gasteiger partial charge in [0.05, 0.1) is 18.8 Å². The first-order valence-corrected chi connectivity index (χ1v) is 7.30. The fourth-order valence-electron chi connectivity index (χ4n) is 2.84. The molecule has 0 bridgehead atoms. The van der Waals surface area contributed by atoms with Gasteiger partial charge in [-0.15, -0.1) is 0 Å². The van der Waals surface area contributed by atoms with Crippen molar-refractivity contribution in [1.29, 1.82) is 0 Å². The molecule has 4 nitrogen and oxygen atoms in total. The van der Waals surface area contributed by atoms with E-state index in [0.717, 1.165) is 31.6 Å². The highest BCUT2D eigenvalue weighted by Gasteiger charge is 2.37. The van der Waals surface area contributed by atoms with Crippen molar-refractivity contribution in [2.24, 2.45) is 5.92 Å². The summed E-state index contributed by atoms with van der Waals surface area (Å²) in [4.78, 5) is 14.7. The van der Waals surface area contributed by atoms with Gasteiger partial charge in [0.2, 0.25) is 5.91 Å². The molecule has 1 aliphatic heterocycles. The van der Waals surface area contributed by atoms with Gasteiger partial charge in [-0.1, -0.05) is 6.92 Å². The van der Waals surface area contributed by atoms with Crippen LogP contribution in [-0.2, 0) is 11.3 Å². The molecule has 1 N–H and O–H groups in total. The lowest BCUT2D eigenvalue weighted by atomic mass is 9.93. The Balaban J connectivity index is 1.67. The standard InChI is InChI=1S/C15H22N2O2/c1-11-6-7-16-14(9-11)15(18)17(12-4-5-12)10-13-3-2-8-19-13/h2-3,8,11-12,14,16H,4-7,9-10H2,1H3. The first kappa shape index (κ1) is 12.7. The first-order valence-electron chi connectivity index (χ1n) is 7.30. The molecule has 2 aliphatic rings. The first-order chi connectivity index (χ1) is 9.24. The Hall–Kier alpha value is -1.29. The van der Waals surface area contributed by atoms with Gasteiger partial charge in [-0.2, -0.15) is 0 Å². The summed E-state index contributed by atoms with van der Waals surface area (Å²) in [5, 5.41) is 3.37. The number of carbonyl (C=O) groups is 1. The van der Waals surface area contributed by atoms with Crippen LogP contribution in [0, 0.1) is 5.92 Å². The molecule has 0 aromatic carbocycles. The molecule has 104 valence electrons. The van der Waals surface area contributed by atoms with Crippen molar-refractivity contribution in [3.8, 4) is 0 Å². The fourth-order valence-corrected chi connectivity index (χ4v) is 2.84. The number of carbonyl (C=O) groups excluding carboxylic acids is 1. The number of nitrogens with zero attached hydrogens (tertiary/aromatic N) is 1. The maximum absolute atomic E-state index is 12.7. The molecule has 2 unspecified atom stereocenters. The van der Waals surface area contributed by atoms with Gasteiger partial charge in [-0.05, 0) is 50.3 Å². The van der Waals surface area contributed by atoms with Gasteiger partial charge in [0, 0.05) is 6.04 Å². The monoisotopic (exact) mass is 262 g/mol. The summed E-state index contributed by atoms with van der Waals surface area (Å²) in [6, 6.07) is 4.25. The van der Waals surface area contributed by atoms with Crippen LogP contribution in [0.25, 0.3) is 0 Å². The lowest BCUT2D eigenvalue weighted by molar-refractivity contribution is -0.135. The zero-order chi connectivity index (χ0) is 13.2. The van der Waals surface area contributed by atoms with Crippen LogP contribution in [0.3, 0.4) is 0 Å². The lowest BCUT2D eigenvalue weighted by Crippen LogP contribution is -2.50. The van der Waals surface area contributed by atoms with Crippen molar-refractivity contribution >= 4 is 5.91 Å². The van der Waals surface area contributed by atoms with E-state index in [1.165, 1.54) is 6.42 Å². The van der Waals surface area contributed by atoms with E-state index in [0.29, 0.717) is 18.5 Å². The molecule has 1 aromatic heterocycles. The highest BCUT2D eigenvalue weighted by atomic mass is 16.3. The minimum Gasteiger partial charge on any atom is -0.467 e. The smallest absolute Gasteiger partial charge is 0.240 e. The summed E-state index contributed by atoms with van der Waals surface area (Å²) >= 11 is 0. The van der Waals surface area contributed by atoms with Crippen molar-refractivity contribution in [3.05, 3.63) is 24.2 Å². The van der Waals surface area contributed by atoms with Gasteiger partial charge >= 0.3 is 0 Å². The maximum Gasteiger partial charge on any atom is 0.240 e. The third-order valence-electron chi connectivity index (χ3n) is 4.14. The minimum atomic E-state index is -0.000637. The molecular formula is C15H22N2O2. The molecule has 0 radical (unpaired) electrons. The Labute approximate surface area is 114 Å². The van der Waals surface area contributed by atoms with Crippen LogP contribution in [0.15, 0.2) is 22.8 Å². The number of piperidine rings is 1. The summed E-state index contributed by atoms with van der Waals surface area (Å²) in [6.07, 6.45) is 6.07. The van der Waals surface area contributed by atoms with E-state index >= 15 is 0 Å². The van der Waals surface area contributed by atoms with Gasteiger partial charge in [-0.3, -0.25) is 4.79 Å². The van der Waals surface area contributed by atoms with Crippen LogP contribution in [0.4, 0.5) is 0 Å². The number of furan rings is 1. The van der Waals surface area contributed by atoms with Crippen molar-refractivity contribution in [2.75, 3.05) is 6.54 Å². The predicted molar refractivity (Wildman–Crippen MR) is 72.5 cm³/mol. The molecule has 4 heteroatoms. The molecule has 1 saturated carbocycles. The minimum absolute atomic E-state index is 0.000637. The molecule has 2 fully saturated rings. The largest absolute Gasteiger partial charge is 0.467 e. The molecule has 1 saturated heterocycles. The Morgan fingerprint density at radius 3 is 2.95 bits per heavy atom. The summed E-state index contributed by atoms with van der Waals surface area (Å²) in [5.74, 6) is 1.77. The average molecular weight is 262 g/mol. The zero-order valence-corrected chi connectivity index (χ0v) is 11.5. The highest BCUT2D eigenvalue weighted by Crippen LogP contribution is 2.30. The van der Waals surface area contributed by atoms with Gasteiger partial charge in [0.25, 0.3) is 0 Å². The van der Waals surface area contributed by atoms with Crippen molar-refractivity contribution in [3.63, 3.8) is 0 Å². The van der Waals surface area contributed by atoms with Crippen LogP contribution in [0.5, 0.6) is 0 Å². The quantitative estimate of drug-likeness (QED) is 0.904. The fraction of sp³-hybridized carbons (Fsp3) is 0.667. The van der Waals surface area contributed by atoms with Gasteiger partial charge < -0.3 is 14.6 Å². The van der Waals surface area contributed by atoms with Crippen molar-refractivity contribution in [1.82, 2.24) is 10.2 Å². The summed E-state index contributed by atoms with van der Waals surface area (Å²) in [7, 11) is 0. The van der Waals surface area contributed by atoms with Crippen LogP contribution < -0.4 is 5.32 Å². The SMILES string of the molecule is CC1CCNC(C(=O)N(Cc2ccco2)C2CC2)C1. The van der Waals surface area contributed by atoms with Crippen LogP contribution in [0.2, 0.25) is 0 Å².